The SMILES string of the molecule is CSC1=C(SC)SC(=Cc2ccc(-c3ccc4c(c3)C(=O)c3cc(-c5ccc(C=C6SC(SC)=C(SC)S6)cc5)ccc3-4)cc2)S1.CSC1=C(SC)SC(=Cc2ccc(-c3ccc4c(c3)C(=O)c3cc(-c5ccc(C=C6SC(SC)=C(SC)S6)cc5)ccc3-4)cc2)S1.CSC1=C(SC)SC(=Cc2ccc(-c3ccc4c(c3)C(=O)c3cc(-c5ccc(C=C6SC(SC)=C(SC)S6)cc5)ccc3-4)cc2)S1. The molecule has 138 heavy (non-hydrogen) atoms. The van der Waals surface area contributed by atoms with Gasteiger partial charge in [0.2, 0.25) is 0 Å². The van der Waals surface area contributed by atoms with Gasteiger partial charge in [-0.1, -0.05) is 360 Å². The van der Waals surface area contributed by atoms with Crippen molar-refractivity contribution in [1.82, 2.24) is 0 Å². The molecule has 0 fully saturated rings. The van der Waals surface area contributed by atoms with E-state index in [0.29, 0.717) is 0 Å². The smallest absolute Gasteiger partial charge is 0.194 e. The second-order valence-corrected chi connectivity index (χ2v) is 58.3. The van der Waals surface area contributed by atoms with Gasteiger partial charge >= 0.3 is 0 Å². The predicted octanol–water partition coefficient (Wildman–Crippen LogP) is 40.5. The van der Waals surface area contributed by atoms with Gasteiger partial charge in [0.25, 0.3) is 0 Å². The highest BCUT2D eigenvalue weighted by molar-refractivity contribution is 8.44. The Labute approximate surface area is 911 Å². The van der Waals surface area contributed by atoms with Gasteiger partial charge in [-0.3, -0.25) is 14.4 Å². The van der Waals surface area contributed by atoms with Gasteiger partial charge in [0.05, 0.1) is 76.3 Å². The van der Waals surface area contributed by atoms with E-state index in [1.807, 2.05) is 282 Å². The van der Waals surface area contributed by atoms with Crippen molar-refractivity contribution in [3.63, 3.8) is 0 Å². The molecule has 3 nitrogen and oxygen atoms in total. The van der Waals surface area contributed by atoms with Gasteiger partial charge in [-0.05, 0) is 281 Å². The largest absolute Gasteiger partial charge is 0.289 e. The Hall–Kier alpha value is -5.07. The Morgan fingerprint density at radius 1 is 0.145 bits per heavy atom. The van der Waals surface area contributed by atoms with Crippen molar-refractivity contribution < 1.29 is 14.4 Å². The fourth-order valence-electron chi connectivity index (χ4n) is 16.3. The molecule has 0 saturated heterocycles. The number of ketones is 3. The number of thioether (sulfide) groups is 24. The third-order valence-corrected chi connectivity index (χ3v) is 53.7. The van der Waals surface area contributed by atoms with Crippen LogP contribution in [-0.2, 0) is 0 Å². The summed E-state index contributed by atoms with van der Waals surface area (Å²) in [6.45, 7) is 0. The molecule has 0 amide bonds. The molecule has 12 aromatic rings. The number of hydrogen-bond donors (Lipinski definition) is 0. The van der Waals surface area contributed by atoms with Crippen LogP contribution in [0, 0.1) is 0 Å². The lowest BCUT2D eigenvalue weighted by atomic mass is 9.97. The standard InChI is InChI=1S/3C37H28OS8/c3*1-39-34-35(40-2)44-31(43-34)17-21-5-9-23(10-6-21)25-13-15-27-28-16-14-26(20-30(28)33(38)29(27)19-25)24-11-7-22(8-12-24)18-32-45-36(41-3)37(42-4)46-32/h3*5-20H,1-4H3. The Morgan fingerprint density at radius 2 is 0.254 bits per heavy atom. The van der Waals surface area contributed by atoms with Crippen LogP contribution in [0.1, 0.15) is 81.1 Å². The molecule has 0 aromatic heterocycles. The van der Waals surface area contributed by atoms with Crippen molar-refractivity contribution in [1.29, 1.82) is 0 Å². The minimum Gasteiger partial charge on any atom is -0.289 e. The maximum absolute atomic E-state index is 13.7. The number of fused-ring (bicyclic) bond motifs is 9. The summed E-state index contributed by atoms with van der Waals surface area (Å²) in [5.41, 5.74) is 31.0. The van der Waals surface area contributed by atoms with E-state index in [1.165, 1.54) is 110 Å². The Bertz CT molecular complexity index is 6110. The Morgan fingerprint density at radius 3 is 0.362 bits per heavy atom. The molecule has 9 aliphatic rings. The van der Waals surface area contributed by atoms with E-state index in [1.54, 1.807) is 0 Å². The molecule has 0 bridgehead atoms. The average molecular weight is 2240 g/mol. The van der Waals surface area contributed by atoms with Gasteiger partial charge in [-0.2, -0.15) is 0 Å². The zero-order valence-electron chi connectivity index (χ0n) is 76.2. The van der Waals surface area contributed by atoms with Crippen molar-refractivity contribution in [2.75, 3.05) is 75.1 Å². The third-order valence-electron chi connectivity index (χ3n) is 23.2. The average Bonchev–Trinajstić information content (AvgIpc) is 1.61. The van der Waals surface area contributed by atoms with Gasteiger partial charge in [-0.15, -0.1) is 141 Å². The molecule has 12 aromatic carbocycles. The first-order chi connectivity index (χ1) is 67.4. The molecule has 0 spiro atoms. The summed E-state index contributed by atoms with van der Waals surface area (Å²) >= 11 is 44.1. The van der Waals surface area contributed by atoms with Crippen LogP contribution in [0.25, 0.3) is 137 Å². The lowest BCUT2D eigenvalue weighted by Gasteiger charge is -2.07. The predicted molar refractivity (Wildman–Crippen MR) is 662 cm³/mol. The maximum Gasteiger partial charge on any atom is 0.194 e. The molecular formula is C111H84O3S24. The summed E-state index contributed by atoms with van der Waals surface area (Å²) in [7, 11) is 0. The Balaban J connectivity index is 0.000000132. The first-order valence-corrected chi connectivity index (χ1v) is 67.4. The molecule has 690 valence electrons. The van der Waals surface area contributed by atoms with E-state index in [0.717, 1.165) is 134 Å². The van der Waals surface area contributed by atoms with Crippen LogP contribution in [0.15, 0.2) is 331 Å². The maximum atomic E-state index is 13.7. The lowest BCUT2D eigenvalue weighted by molar-refractivity contribution is 0.103. The molecule has 0 radical (unpaired) electrons. The first kappa shape index (κ1) is 102. The molecule has 0 atom stereocenters. The topological polar surface area (TPSA) is 51.2 Å². The Kier molecular flexibility index (Phi) is 34.4. The van der Waals surface area contributed by atoms with Crippen LogP contribution in [0.5, 0.6) is 0 Å². The second-order valence-electron chi connectivity index (χ2n) is 31.2. The summed E-state index contributed by atoms with van der Waals surface area (Å²) in [6.07, 6.45) is 39.3. The van der Waals surface area contributed by atoms with E-state index in [9.17, 15) is 14.4 Å². The van der Waals surface area contributed by atoms with Crippen molar-refractivity contribution in [2.45, 2.75) is 0 Å². The highest BCUT2D eigenvalue weighted by Gasteiger charge is 2.34. The minimum atomic E-state index is 0.102. The van der Waals surface area contributed by atoms with Gasteiger partial charge in [-0.25, -0.2) is 0 Å². The normalized spacial score (nSPS) is 15.6. The van der Waals surface area contributed by atoms with Gasteiger partial charge in [0.15, 0.2) is 17.3 Å². The van der Waals surface area contributed by atoms with Gasteiger partial charge in [0.1, 0.15) is 0 Å². The summed E-state index contributed by atoms with van der Waals surface area (Å²) in [6, 6.07) is 89.8. The van der Waals surface area contributed by atoms with Crippen molar-refractivity contribution in [2.24, 2.45) is 0 Å². The highest BCUT2D eigenvalue weighted by Crippen LogP contribution is 2.63. The van der Waals surface area contributed by atoms with Crippen molar-refractivity contribution >= 4 is 336 Å². The van der Waals surface area contributed by atoms with E-state index < -0.39 is 0 Å². The van der Waals surface area contributed by atoms with Crippen LogP contribution in [0.2, 0.25) is 0 Å². The number of benzene rings is 12. The highest BCUT2D eigenvalue weighted by atomic mass is 32.3. The second kappa shape index (κ2) is 46.8. The zero-order chi connectivity index (χ0) is 95.4. The number of carbonyl (C=O) groups is 3. The van der Waals surface area contributed by atoms with Crippen LogP contribution in [-0.4, -0.2) is 92.4 Å². The van der Waals surface area contributed by atoms with Crippen LogP contribution in [0.4, 0.5) is 0 Å². The van der Waals surface area contributed by atoms with E-state index in [-0.39, 0.29) is 17.3 Å². The molecule has 6 aliphatic heterocycles. The van der Waals surface area contributed by atoms with Gasteiger partial charge in [0, 0.05) is 33.4 Å². The first-order valence-electron chi connectivity index (χ1n) is 42.9. The molecule has 3 aliphatic carbocycles. The fraction of sp³-hybridized carbons (Fsp3) is 0.108. The molecule has 21 rings (SSSR count). The van der Waals surface area contributed by atoms with Crippen LogP contribution >= 0.6 is 282 Å². The fourth-order valence-corrected chi connectivity index (χ4v) is 46.0. The molecule has 0 unspecified atom stereocenters. The van der Waals surface area contributed by atoms with Crippen molar-refractivity contribution in [3.05, 3.63) is 398 Å². The molecular weight excluding hydrogens is 2150 g/mol. The van der Waals surface area contributed by atoms with Crippen molar-refractivity contribution in [3.8, 4) is 100 Å². The molecule has 6 heterocycles. The molecule has 0 saturated carbocycles. The minimum absolute atomic E-state index is 0.102. The summed E-state index contributed by atoms with van der Waals surface area (Å²) in [5, 5.41) is 0. The van der Waals surface area contributed by atoms with E-state index in [2.05, 4.69) is 366 Å². The quantitative estimate of drug-likeness (QED) is 0.0576. The summed E-state index contributed by atoms with van der Waals surface area (Å²) in [4.78, 5) is 41.1. The number of hydrogen-bond acceptors (Lipinski definition) is 27. The molecule has 0 N–H and O–H groups in total. The molecule has 27 heteroatoms. The monoisotopic (exact) mass is 2230 g/mol. The number of carbonyl (C=O) groups excluding carboxylic acids is 3. The van der Waals surface area contributed by atoms with E-state index in [4.69, 9.17) is 0 Å². The van der Waals surface area contributed by atoms with E-state index >= 15 is 0 Å². The van der Waals surface area contributed by atoms with Crippen LogP contribution in [0.3, 0.4) is 0 Å². The van der Waals surface area contributed by atoms with Crippen LogP contribution < -0.4 is 0 Å². The summed E-state index contributed by atoms with van der Waals surface area (Å²) in [5.74, 6) is 0.307. The van der Waals surface area contributed by atoms with Gasteiger partial charge < -0.3 is 0 Å². The summed E-state index contributed by atoms with van der Waals surface area (Å²) < 4.78 is 24.4. The number of rotatable bonds is 24. The zero-order valence-corrected chi connectivity index (χ0v) is 95.8. The lowest BCUT2D eigenvalue weighted by Crippen LogP contribution is -1.96. The third kappa shape index (κ3) is 22.6.